The van der Waals surface area contributed by atoms with Crippen LogP contribution >= 0.6 is 0 Å². The Hall–Kier alpha value is -1.49. The summed E-state index contributed by atoms with van der Waals surface area (Å²) in [7, 11) is 0. The van der Waals surface area contributed by atoms with Crippen molar-refractivity contribution in [1.82, 2.24) is 10.6 Å². The van der Waals surface area contributed by atoms with Crippen LogP contribution in [0.5, 0.6) is 0 Å². The summed E-state index contributed by atoms with van der Waals surface area (Å²) < 4.78 is 26.6. The van der Waals surface area contributed by atoms with Gasteiger partial charge in [-0.3, -0.25) is 4.79 Å². The molecule has 1 aromatic carbocycles. The molecular formula is C13H16F2N2O. The summed E-state index contributed by atoms with van der Waals surface area (Å²) in [6.45, 7) is 1.22. The van der Waals surface area contributed by atoms with Gasteiger partial charge in [0.2, 0.25) is 0 Å². The van der Waals surface area contributed by atoms with E-state index < -0.39 is 23.1 Å². The summed E-state index contributed by atoms with van der Waals surface area (Å²) >= 11 is 0. The average Bonchev–Trinajstić information content (AvgIpc) is 3.12. The van der Waals surface area contributed by atoms with E-state index in [1.54, 1.807) is 0 Å². The van der Waals surface area contributed by atoms with Crippen LogP contribution in [-0.2, 0) is 0 Å². The predicted octanol–water partition coefficient (Wildman–Crippen LogP) is 1.84. The molecule has 1 aliphatic rings. The number of carbonyl (C=O) groups is 1. The maximum atomic E-state index is 13.3. The molecule has 2 rings (SSSR count). The second kappa shape index (κ2) is 5.91. The number of hydrogen-bond acceptors (Lipinski definition) is 2. The molecule has 5 heteroatoms. The highest BCUT2D eigenvalue weighted by Crippen LogP contribution is 2.18. The lowest BCUT2D eigenvalue weighted by molar-refractivity contribution is 0.0945. The number of hydrogen-bond donors (Lipinski definition) is 2. The van der Waals surface area contributed by atoms with Crippen LogP contribution in [0.25, 0.3) is 0 Å². The zero-order valence-electron chi connectivity index (χ0n) is 10.0. The van der Waals surface area contributed by atoms with Gasteiger partial charge in [0, 0.05) is 12.6 Å². The van der Waals surface area contributed by atoms with E-state index >= 15 is 0 Å². The van der Waals surface area contributed by atoms with E-state index in [1.165, 1.54) is 18.9 Å². The molecule has 0 atom stereocenters. The molecule has 98 valence electrons. The molecule has 0 spiro atoms. The lowest BCUT2D eigenvalue weighted by Gasteiger charge is -2.07. The molecule has 1 saturated carbocycles. The van der Waals surface area contributed by atoms with Gasteiger partial charge in [0.05, 0.1) is 0 Å². The third-order valence-corrected chi connectivity index (χ3v) is 2.84. The van der Waals surface area contributed by atoms with Crippen LogP contribution in [0.1, 0.15) is 29.6 Å². The van der Waals surface area contributed by atoms with Gasteiger partial charge in [-0.1, -0.05) is 6.07 Å². The van der Waals surface area contributed by atoms with Crippen LogP contribution in [0.15, 0.2) is 18.2 Å². The number of benzene rings is 1. The number of halogens is 2. The minimum absolute atomic E-state index is 0.409. The molecule has 1 amide bonds. The van der Waals surface area contributed by atoms with Crippen molar-refractivity contribution >= 4 is 5.91 Å². The maximum Gasteiger partial charge on any atom is 0.257 e. The Morgan fingerprint density at radius 3 is 2.50 bits per heavy atom. The molecule has 1 aliphatic carbocycles. The Morgan fingerprint density at radius 1 is 1.22 bits per heavy atom. The maximum absolute atomic E-state index is 13.3. The largest absolute Gasteiger partial charge is 0.352 e. The van der Waals surface area contributed by atoms with E-state index in [1.807, 2.05) is 0 Å². The molecule has 1 aromatic rings. The topological polar surface area (TPSA) is 41.1 Å². The Labute approximate surface area is 105 Å². The van der Waals surface area contributed by atoms with Crippen molar-refractivity contribution in [2.24, 2.45) is 0 Å². The highest BCUT2D eigenvalue weighted by Gasteiger charge is 2.19. The minimum Gasteiger partial charge on any atom is -0.352 e. The first kappa shape index (κ1) is 13.0. The van der Waals surface area contributed by atoms with Crippen molar-refractivity contribution in [2.45, 2.75) is 25.3 Å². The minimum atomic E-state index is -0.830. The Balaban J connectivity index is 1.76. The van der Waals surface area contributed by atoms with Gasteiger partial charge in [-0.25, -0.2) is 8.78 Å². The Morgan fingerprint density at radius 2 is 1.89 bits per heavy atom. The predicted molar refractivity (Wildman–Crippen MR) is 64.3 cm³/mol. The first-order chi connectivity index (χ1) is 8.68. The molecular weight excluding hydrogens is 238 g/mol. The quantitative estimate of drug-likeness (QED) is 0.760. The van der Waals surface area contributed by atoms with Crippen LogP contribution in [0.4, 0.5) is 8.78 Å². The van der Waals surface area contributed by atoms with E-state index in [4.69, 9.17) is 0 Å². The molecule has 2 N–H and O–H groups in total. The molecule has 0 radical (unpaired) electrons. The monoisotopic (exact) mass is 254 g/mol. The molecule has 0 bridgehead atoms. The fourth-order valence-corrected chi connectivity index (χ4v) is 1.69. The second-order valence-electron chi connectivity index (χ2n) is 4.43. The Bertz CT molecular complexity index is 413. The van der Waals surface area contributed by atoms with Gasteiger partial charge < -0.3 is 10.6 Å². The van der Waals surface area contributed by atoms with E-state index in [0.717, 1.165) is 25.1 Å². The number of amides is 1. The van der Waals surface area contributed by atoms with E-state index in [-0.39, 0.29) is 0 Å². The summed E-state index contributed by atoms with van der Waals surface area (Å²) in [4.78, 5) is 11.6. The van der Waals surface area contributed by atoms with Gasteiger partial charge >= 0.3 is 0 Å². The average molecular weight is 254 g/mol. The first-order valence-corrected chi connectivity index (χ1v) is 6.14. The molecule has 0 aliphatic heterocycles. The standard InChI is InChI=1S/C13H16F2N2O/c14-10-3-1-4-11(15)12(10)13(18)17-8-2-7-16-9-5-6-9/h1,3-4,9,16H,2,5-8H2,(H,17,18). The molecule has 0 heterocycles. The Kier molecular flexibility index (Phi) is 4.25. The van der Waals surface area contributed by atoms with E-state index in [9.17, 15) is 13.6 Å². The summed E-state index contributed by atoms with van der Waals surface area (Å²) in [5, 5.41) is 5.81. The van der Waals surface area contributed by atoms with Crippen molar-refractivity contribution < 1.29 is 13.6 Å². The van der Waals surface area contributed by atoms with Crippen LogP contribution in [-0.4, -0.2) is 25.0 Å². The lowest BCUT2D eigenvalue weighted by atomic mass is 10.2. The molecule has 0 aromatic heterocycles. The second-order valence-corrected chi connectivity index (χ2v) is 4.43. The van der Waals surface area contributed by atoms with Crippen molar-refractivity contribution in [3.05, 3.63) is 35.4 Å². The van der Waals surface area contributed by atoms with E-state index in [2.05, 4.69) is 10.6 Å². The van der Waals surface area contributed by atoms with Gasteiger partial charge in [-0.15, -0.1) is 0 Å². The van der Waals surface area contributed by atoms with Crippen LogP contribution < -0.4 is 10.6 Å². The van der Waals surface area contributed by atoms with Crippen molar-refractivity contribution in [3.8, 4) is 0 Å². The van der Waals surface area contributed by atoms with E-state index in [0.29, 0.717) is 12.6 Å². The van der Waals surface area contributed by atoms with Crippen LogP contribution in [0.2, 0.25) is 0 Å². The van der Waals surface area contributed by atoms with Crippen molar-refractivity contribution in [1.29, 1.82) is 0 Å². The number of nitrogens with one attached hydrogen (secondary N) is 2. The zero-order chi connectivity index (χ0) is 13.0. The van der Waals surface area contributed by atoms with Gasteiger partial charge in [0.1, 0.15) is 17.2 Å². The molecule has 0 saturated heterocycles. The number of carbonyl (C=O) groups excluding carboxylic acids is 1. The summed E-state index contributed by atoms with van der Waals surface area (Å²) in [6.07, 6.45) is 3.18. The fourth-order valence-electron chi connectivity index (χ4n) is 1.69. The van der Waals surface area contributed by atoms with Crippen LogP contribution in [0.3, 0.4) is 0 Å². The summed E-state index contributed by atoms with van der Waals surface area (Å²) in [5.74, 6) is -2.36. The molecule has 3 nitrogen and oxygen atoms in total. The third-order valence-electron chi connectivity index (χ3n) is 2.84. The zero-order valence-corrected chi connectivity index (χ0v) is 10.0. The highest BCUT2D eigenvalue weighted by molar-refractivity contribution is 5.94. The van der Waals surface area contributed by atoms with Crippen molar-refractivity contribution in [2.75, 3.05) is 13.1 Å². The van der Waals surface area contributed by atoms with Crippen LogP contribution in [0, 0.1) is 11.6 Å². The van der Waals surface area contributed by atoms with Gasteiger partial charge in [-0.2, -0.15) is 0 Å². The van der Waals surface area contributed by atoms with Crippen molar-refractivity contribution in [3.63, 3.8) is 0 Å². The molecule has 18 heavy (non-hydrogen) atoms. The first-order valence-electron chi connectivity index (χ1n) is 6.14. The summed E-state index contributed by atoms with van der Waals surface area (Å²) in [6, 6.07) is 4.02. The SMILES string of the molecule is O=C(NCCCNC1CC1)c1c(F)cccc1F. The normalized spacial score (nSPS) is 14.6. The third kappa shape index (κ3) is 3.50. The van der Waals surface area contributed by atoms with Gasteiger partial charge in [0.25, 0.3) is 5.91 Å². The molecule has 0 unspecified atom stereocenters. The smallest absolute Gasteiger partial charge is 0.257 e. The van der Waals surface area contributed by atoms with Gasteiger partial charge in [0.15, 0.2) is 0 Å². The fraction of sp³-hybridized carbons (Fsp3) is 0.462. The highest BCUT2D eigenvalue weighted by atomic mass is 19.1. The van der Waals surface area contributed by atoms with Gasteiger partial charge in [-0.05, 0) is 37.9 Å². The molecule has 1 fully saturated rings. The number of rotatable bonds is 6. The summed E-state index contributed by atoms with van der Waals surface area (Å²) in [5.41, 5.74) is -0.507. The lowest BCUT2D eigenvalue weighted by Crippen LogP contribution is -2.29.